The van der Waals surface area contributed by atoms with Crippen LogP contribution in [0.3, 0.4) is 0 Å². The molecule has 1 fully saturated rings. The molecule has 0 bridgehead atoms. The average molecular weight is 276 g/mol. The third-order valence-corrected chi connectivity index (χ3v) is 4.02. The first kappa shape index (κ1) is 14.9. The van der Waals surface area contributed by atoms with Crippen molar-refractivity contribution < 1.29 is 4.79 Å². The molecule has 20 heavy (non-hydrogen) atoms. The molecule has 0 aliphatic carbocycles. The third kappa shape index (κ3) is 3.54. The van der Waals surface area contributed by atoms with E-state index in [4.69, 9.17) is 0 Å². The van der Waals surface area contributed by atoms with E-state index in [-0.39, 0.29) is 17.2 Å². The van der Waals surface area contributed by atoms with E-state index in [1.165, 1.54) is 6.33 Å². The minimum atomic E-state index is -0.0611. The molecule has 5 heteroatoms. The van der Waals surface area contributed by atoms with Gasteiger partial charge in [-0.3, -0.25) is 4.79 Å². The topological polar surface area (TPSA) is 66.9 Å². The normalized spacial score (nSPS) is 18.0. The predicted molar refractivity (Wildman–Crippen MR) is 78.7 cm³/mol. The fraction of sp³-hybridized carbons (Fsp3) is 0.667. The molecule has 110 valence electrons. The van der Waals surface area contributed by atoms with Crippen LogP contribution in [0.1, 0.15) is 55.6 Å². The molecule has 2 heterocycles. The molecular weight excluding hydrogens is 252 g/mol. The number of carbonyl (C=O) groups is 1. The summed E-state index contributed by atoms with van der Waals surface area (Å²) in [6, 6.07) is 0. The van der Waals surface area contributed by atoms with Crippen molar-refractivity contribution in [1.82, 2.24) is 20.6 Å². The van der Waals surface area contributed by atoms with Crippen LogP contribution in [0.5, 0.6) is 0 Å². The van der Waals surface area contributed by atoms with Gasteiger partial charge in [0.2, 0.25) is 0 Å². The zero-order chi connectivity index (χ0) is 14.6. The third-order valence-electron chi connectivity index (χ3n) is 4.02. The molecule has 1 aromatic heterocycles. The van der Waals surface area contributed by atoms with Crippen molar-refractivity contribution in [2.45, 2.75) is 39.5 Å². The van der Waals surface area contributed by atoms with E-state index in [2.05, 4.69) is 27.5 Å². The number of hydrogen-bond acceptors (Lipinski definition) is 4. The summed E-state index contributed by atoms with van der Waals surface area (Å²) in [6.45, 7) is 9.06. The second-order valence-electron chi connectivity index (χ2n) is 6.22. The van der Waals surface area contributed by atoms with Crippen molar-refractivity contribution >= 4 is 5.91 Å². The molecule has 1 amide bonds. The number of nitrogens with zero attached hydrogens (tertiary/aromatic N) is 2. The van der Waals surface area contributed by atoms with Crippen molar-refractivity contribution in [1.29, 1.82) is 0 Å². The van der Waals surface area contributed by atoms with Crippen molar-refractivity contribution in [3.63, 3.8) is 0 Å². The van der Waals surface area contributed by atoms with Gasteiger partial charge in [-0.15, -0.1) is 0 Å². The molecule has 0 radical (unpaired) electrons. The molecular formula is C15H24N4O. The van der Waals surface area contributed by atoms with Gasteiger partial charge in [0.25, 0.3) is 5.91 Å². The van der Waals surface area contributed by atoms with E-state index in [0.29, 0.717) is 12.1 Å². The van der Waals surface area contributed by atoms with Gasteiger partial charge in [-0.1, -0.05) is 20.8 Å². The highest BCUT2D eigenvalue weighted by molar-refractivity contribution is 5.95. The van der Waals surface area contributed by atoms with Gasteiger partial charge in [-0.05, 0) is 37.3 Å². The van der Waals surface area contributed by atoms with E-state index in [0.717, 1.165) is 31.6 Å². The summed E-state index contributed by atoms with van der Waals surface area (Å²) in [4.78, 5) is 20.6. The lowest BCUT2D eigenvalue weighted by Gasteiger charge is -2.34. The second kappa shape index (κ2) is 6.31. The Morgan fingerprint density at radius 3 is 2.80 bits per heavy atom. The van der Waals surface area contributed by atoms with Gasteiger partial charge in [0.05, 0.1) is 11.3 Å². The van der Waals surface area contributed by atoms with Crippen LogP contribution in [-0.4, -0.2) is 35.5 Å². The Hall–Kier alpha value is -1.49. The monoisotopic (exact) mass is 276 g/mol. The summed E-state index contributed by atoms with van der Waals surface area (Å²) in [5, 5.41) is 6.41. The van der Waals surface area contributed by atoms with Gasteiger partial charge in [-0.25, -0.2) is 9.97 Å². The van der Waals surface area contributed by atoms with Crippen LogP contribution in [0.4, 0.5) is 0 Å². The first-order valence-corrected chi connectivity index (χ1v) is 7.31. The van der Waals surface area contributed by atoms with Crippen LogP contribution >= 0.6 is 0 Å². The second-order valence-corrected chi connectivity index (χ2v) is 6.22. The van der Waals surface area contributed by atoms with Gasteiger partial charge >= 0.3 is 0 Å². The largest absolute Gasteiger partial charge is 0.351 e. The highest BCUT2D eigenvalue weighted by atomic mass is 16.1. The molecule has 0 atom stereocenters. The number of aromatic nitrogens is 2. The molecule has 1 aliphatic rings. The highest BCUT2D eigenvalue weighted by Crippen LogP contribution is 2.27. The van der Waals surface area contributed by atoms with Crippen LogP contribution < -0.4 is 10.6 Å². The zero-order valence-corrected chi connectivity index (χ0v) is 12.6. The van der Waals surface area contributed by atoms with Crippen LogP contribution in [0.2, 0.25) is 0 Å². The van der Waals surface area contributed by atoms with Crippen molar-refractivity contribution in [2.24, 2.45) is 5.41 Å². The molecule has 1 aliphatic heterocycles. The van der Waals surface area contributed by atoms with Crippen molar-refractivity contribution in [3.05, 3.63) is 23.8 Å². The Morgan fingerprint density at radius 2 is 2.15 bits per heavy atom. The molecule has 1 saturated heterocycles. The smallest absolute Gasteiger partial charge is 0.254 e. The number of piperidine rings is 1. The molecule has 0 aromatic carbocycles. The Morgan fingerprint density at radius 1 is 1.45 bits per heavy atom. The van der Waals surface area contributed by atoms with Gasteiger partial charge in [0.15, 0.2) is 0 Å². The first-order chi connectivity index (χ1) is 9.52. The average Bonchev–Trinajstić information content (AvgIpc) is 2.45. The van der Waals surface area contributed by atoms with E-state index in [1.807, 2.05) is 13.8 Å². The Balaban J connectivity index is 2.02. The maximum absolute atomic E-state index is 12.3. The fourth-order valence-corrected chi connectivity index (χ4v) is 2.57. The summed E-state index contributed by atoms with van der Waals surface area (Å²) < 4.78 is 0. The SMILES string of the molecule is CC(C)c1ncncc1C(=O)NCC1(C)CCNCC1. The lowest BCUT2D eigenvalue weighted by atomic mass is 9.81. The van der Waals surface area contributed by atoms with Gasteiger partial charge in [-0.2, -0.15) is 0 Å². The molecule has 2 rings (SSSR count). The minimum Gasteiger partial charge on any atom is -0.351 e. The van der Waals surface area contributed by atoms with Crippen molar-refractivity contribution in [3.8, 4) is 0 Å². The Kier molecular flexibility index (Phi) is 4.70. The molecule has 2 N–H and O–H groups in total. The number of carbonyl (C=O) groups excluding carboxylic acids is 1. The van der Waals surface area contributed by atoms with E-state index >= 15 is 0 Å². The fourth-order valence-electron chi connectivity index (χ4n) is 2.57. The van der Waals surface area contributed by atoms with Crippen LogP contribution in [0.15, 0.2) is 12.5 Å². The van der Waals surface area contributed by atoms with Crippen LogP contribution in [0.25, 0.3) is 0 Å². The number of amides is 1. The molecule has 0 unspecified atom stereocenters. The van der Waals surface area contributed by atoms with Crippen LogP contribution in [-0.2, 0) is 0 Å². The Bertz CT molecular complexity index is 467. The van der Waals surface area contributed by atoms with E-state index in [9.17, 15) is 4.79 Å². The van der Waals surface area contributed by atoms with Crippen molar-refractivity contribution in [2.75, 3.05) is 19.6 Å². The number of hydrogen-bond donors (Lipinski definition) is 2. The maximum atomic E-state index is 12.3. The van der Waals surface area contributed by atoms with Crippen LogP contribution in [0, 0.1) is 5.41 Å². The standard InChI is InChI=1S/C15H24N4O/c1-11(2)13-12(8-17-10-19-13)14(20)18-9-15(3)4-6-16-7-5-15/h8,10-11,16H,4-7,9H2,1-3H3,(H,18,20). The highest BCUT2D eigenvalue weighted by Gasteiger charge is 2.27. The zero-order valence-electron chi connectivity index (χ0n) is 12.6. The van der Waals surface area contributed by atoms with Gasteiger partial charge in [0.1, 0.15) is 6.33 Å². The Labute approximate surface area is 120 Å². The molecule has 0 spiro atoms. The summed E-state index contributed by atoms with van der Waals surface area (Å²) in [5.41, 5.74) is 1.60. The predicted octanol–water partition coefficient (Wildman–Crippen LogP) is 1.72. The molecule has 1 aromatic rings. The van der Waals surface area contributed by atoms with Gasteiger partial charge < -0.3 is 10.6 Å². The number of rotatable bonds is 4. The summed E-state index contributed by atoms with van der Waals surface area (Å²) in [6.07, 6.45) is 5.30. The summed E-state index contributed by atoms with van der Waals surface area (Å²) in [5.74, 6) is 0.155. The first-order valence-electron chi connectivity index (χ1n) is 7.31. The summed E-state index contributed by atoms with van der Waals surface area (Å²) in [7, 11) is 0. The molecule has 5 nitrogen and oxygen atoms in total. The minimum absolute atomic E-state index is 0.0611. The lowest BCUT2D eigenvalue weighted by Crippen LogP contribution is -2.43. The summed E-state index contributed by atoms with van der Waals surface area (Å²) >= 11 is 0. The lowest BCUT2D eigenvalue weighted by molar-refractivity contribution is 0.0920. The number of nitrogens with one attached hydrogen (secondary N) is 2. The van der Waals surface area contributed by atoms with E-state index in [1.54, 1.807) is 6.20 Å². The quantitative estimate of drug-likeness (QED) is 0.878. The molecule has 0 saturated carbocycles. The van der Waals surface area contributed by atoms with Gasteiger partial charge in [0, 0.05) is 12.7 Å². The maximum Gasteiger partial charge on any atom is 0.254 e. The van der Waals surface area contributed by atoms with E-state index < -0.39 is 0 Å².